The van der Waals surface area contributed by atoms with Crippen LogP contribution in [0.15, 0.2) is 24.3 Å². The van der Waals surface area contributed by atoms with E-state index in [4.69, 9.17) is 12.2 Å². The van der Waals surface area contributed by atoms with E-state index in [2.05, 4.69) is 37.1 Å². The largest absolute Gasteiger partial charge is 0.330 e. The minimum Gasteiger partial charge on any atom is -0.330 e. The lowest BCUT2D eigenvalue weighted by molar-refractivity contribution is 0.0202. The van der Waals surface area contributed by atoms with Crippen LogP contribution in [0.2, 0.25) is 0 Å². The summed E-state index contributed by atoms with van der Waals surface area (Å²) in [6.07, 6.45) is 16.3. The van der Waals surface area contributed by atoms with Crippen LogP contribution in [-0.4, -0.2) is 6.54 Å². The van der Waals surface area contributed by atoms with Gasteiger partial charge in [0.15, 0.2) is 0 Å². The first kappa shape index (κ1) is 17.2. The van der Waals surface area contributed by atoms with Crippen molar-refractivity contribution in [1.29, 1.82) is 0 Å². The molecule has 25 heavy (non-hydrogen) atoms. The molecule has 2 fully saturated rings. The normalized spacial score (nSPS) is 39.2. The molecule has 6 unspecified atom stereocenters. The smallest absolute Gasteiger partial charge is 0.0259 e. The minimum atomic E-state index is 0.371. The van der Waals surface area contributed by atoms with Crippen molar-refractivity contribution in [2.75, 3.05) is 6.54 Å². The summed E-state index contributed by atoms with van der Waals surface area (Å²) < 4.78 is 0. The van der Waals surface area contributed by atoms with E-state index in [0.29, 0.717) is 11.3 Å². The lowest BCUT2D eigenvalue weighted by atomic mass is 9.53. The van der Waals surface area contributed by atoms with Gasteiger partial charge in [0.2, 0.25) is 0 Å². The molecule has 1 aromatic rings. The second-order valence-electron chi connectivity index (χ2n) is 9.08. The Morgan fingerprint density at radius 3 is 2.88 bits per heavy atom. The van der Waals surface area contributed by atoms with Gasteiger partial charge < -0.3 is 5.73 Å². The summed E-state index contributed by atoms with van der Waals surface area (Å²) in [6, 6.07) is 9.22. The van der Waals surface area contributed by atoms with Gasteiger partial charge in [-0.15, -0.1) is 12.3 Å². The second-order valence-corrected chi connectivity index (χ2v) is 9.08. The monoisotopic (exact) mass is 335 g/mol. The first-order valence-electron chi connectivity index (χ1n) is 10.4. The Morgan fingerprint density at radius 1 is 1.24 bits per heavy atom. The van der Waals surface area contributed by atoms with E-state index in [1.165, 1.54) is 44.9 Å². The molecule has 0 bridgehead atoms. The van der Waals surface area contributed by atoms with E-state index in [9.17, 15) is 0 Å². The molecule has 0 radical (unpaired) electrons. The van der Waals surface area contributed by atoms with Crippen LogP contribution in [0.1, 0.15) is 68.9 Å². The summed E-state index contributed by atoms with van der Waals surface area (Å²) >= 11 is 0. The molecule has 0 amide bonds. The lowest BCUT2D eigenvalue weighted by Crippen LogP contribution is -2.43. The van der Waals surface area contributed by atoms with Crippen LogP contribution in [0.5, 0.6) is 0 Å². The van der Waals surface area contributed by atoms with Crippen molar-refractivity contribution in [2.24, 2.45) is 34.8 Å². The molecule has 0 aromatic heterocycles. The number of unbranched alkanes of at least 4 members (excludes halogenated alkanes) is 1. The van der Waals surface area contributed by atoms with Gasteiger partial charge in [-0.25, -0.2) is 0 Å². The zero-order valence-electron chi connectivity index (χ0n) is 15.7. The maximum atomic E-state index is 6.02. The summed E-state index contributed by atoms with van der Waals surface area (Å²) in [5.41, 5.74) is 9.39. The first-order valence-corrected chi connectivity index (χ1v) is 10.4. The van der Waals surface area contributed by atoms with E-state index < -0.39 is 0 Å². The summed E-state index contributed by atoms with van der Waals surface area (Å²) in [6.45, 7) is 3.36. The van der Waals surface area contributed by atoms with Gasteiger partial charge in [-0.05, 0) is 85.3 Å². The van der Waals surface area contributed by atoms with E-state index in [-0.39, 0.29) is 0 Å². The van der Waals surface area contributed by atoms with Gasteiger partial charge in [0.1, 0.15) is 0 Å². The summed E-state index contributed by atoms with van der Waals surface area (Å²) in [5.74, 6) is 6.95. The Kier molecular flexibility index (Phi) is 4.67. The SMILES string of the molecule is C#CC1CC(CCCCN)C2C3CCc4ccccc4C3CCC12C. The topological polar surface area (TPSA) is 26.0 Å². The highest BCUT2D eigenvalue weighted by Crippen LogP contribution is 2.65. The molecule has 1 heteroatoms. The maximum Gasteiger partial charge on any atom is 0.0259 e. The van der Waals surface area contributed by atoms with E-state index >= 15 is 0 Å². The van der Waals surface area contributed by atoms with Gasteiger partial charge in [-0.1, -0.05) is 44.0 Å². The number of fused-ring (bicyclic) bond motifs is 5. The van der Waals surface area contributed by atoms with E-state index in [1.54, 1.807) is 11.1 Å². The average molecular weight is 336 g/mol. The van der Waals surface area contributed by atoms with Crippen molar-refractivity contribution in [3.63, 3.8) is 0 Å². The Bertz CT molecular complexity index is 656. The third kappa shape index (κ3) is 2.74. The molecular formula is C24H33N. The van der Waals surface area contributed by atoms with Crippen LogP contribution in [0.3, 0.4) is 0 Å². The fourth-order valence-electron chi connectivity index (χ4n) is 6.92. The number of benzene rings is 1. The average Bonchev–Trinajstić information content (AvgIpc) is 2.93. The molecule has 134 valence electrons. The summed E-state index contributed by atoms with van der Waals surface area (Å²) in [7, 11) is 0. The van der Waals surface area contributed by atoms with Gasteiger partial charge in [-0.3, -0.25) is 0 Å². The van der Waals surface area contributed by atoms with Gasteiger partial charge >= 0.3 is 0 Å². The second kappa shape index (κ2) is 6.81. The highest BCUT2D eigenvalue weighted by Gasteiger charge is 2.57. The van der Waals surface area contributed by atoms with Gasteiger partial charge in [0.25, 0.3) is 0 Å². The minimum absolute atomic E-state index is 0.371. The maximum absolute atomic E-state index is 6.02. The predicted molar refractivity (Wildman–Crippen MR) is 105 cm³/mol. The molecule has 0 saturated heterocycles. The Labute approximate surface area is 153 Å². The predicted octanol–water partition coefficient (Wildman–Crippen LogP) is 5.15. The molecule has 0 heterocycles. The van der Waals surface area contributed by atoms with Crippen LogP contribution >= 0.6 is 0 Å². The van der Waals surface area contributed by atoms with Crippen LogP contribution < -0.4 is 5.73 Å². The molecule has 1 aromatic carbocycles. The fourth-order valence-corrected chi connectivity index (χ4v) is 6.92. The molecule has 0 spiro atoms. The lowest BCUT2D eigenvalue weighted by Gasteiger charge is -2.51. The Balaban J connectivity index is 1.64. The third-order valence-electron chi connectivity index (χ3n) is 8.01. The van der Waals surface area contributed by atoms with Gasteiger partial charge in [0.05, 0.1) is 0 Å². The van der Waals surface area contributed by atoms with Gasteiger partial charge in [0, 0.05) is 5.92 Å². The number of nitrogens with two attached hydrogens (primary N) is 1. The molecule has 1 nitrogen and oxygen atoms in total. The number of terminal acetylenes is 1. The highest BCUT2D eigenvalue weighted by molar-refractivity contribution is 5.35. The number of aryl methyl sites for hydroxylation is 1. The van der Waals surface area contributed by atoms with Crippen molar-refractivity contribution < 1.29 is 0 Å². The van der Waals surface area contributed by atoms with Crippen LogP contribution in [0, 0.1) is 41.4 Å². The van der Waals surface area contributed by atoms with Crippen molar-refractivity contribution in [3.05, 3.63) is 35.4 Å². The van der Waals surface area contributed by atoms with Crippen molar-refractivity contribution in [3.8, 4) is 12.3 Å². The van der Waals surface area contributed by atoms with Crippen LogP contribution in [0.4, 0.5) is 0 Å². The summed E-state index contributed by atoms with van der Waals surface area (Å²) in [5, 5.41) is 0. The van der Waals surface area contributed by atoms with E-state index in [0.717, 1.165) is 36.6 Å². The summed E-state index contributed by atoms with van der Waals surface area (Å²) in [4.78, 5) is 0. The Morgan fingerprint density at radius 2 is 2.08 bits per heavy atom. The third-order valence-corrected chi connectivity index (χ3v) is 8.01. The quantitative estimate of drug-likeness (QED) is 0.598. The Hall–Kier alpha value is -1.26. The standard InChI is InChI=1S/C24H33N/c1-3-19-16-18(9-6-7-15-25)23-22-12-11-17-8-4-5-10-20(17)21(22)13-14-24(19,23)2/h1,4-5,8,10,18-19,21-23H,6-7,9,11-16,25H2,2H3. The zero-order valence-corrected chi connectivity index (χ0v) is 15.7. The van der Waals surface area contributed by atoms with Gasteiger partial charge in [-0.2, -0.15) is 0 Å². The van der Waals surface area contributed by atoms with Crippen molar-refractivity contribution >= 4 is 0 Å². The molecule has 3 aliphatic carbocycles. The molecule has 6 atom stereocenters. The fraction of sp³-hybridized carbons (Fsp3) is 0.667. The molecule has 2 N–H and O–H groups in total. The zero-order chi connectivity index (χ0) is 17.4. The molecule has 3 aliphatic rings. The highest BCUT2D eigenvalue weighted by atomic mass is 14.6. The van der Waals surface area contributed by atoms with Crippen LogP contribution in [0.25, 0.3) is 0 Å². The number of rotatable bonds is 4. The molecule has 0 aliphatic heterocycles. The number of hydrogen-bond donors (Lipinski definition) is 1. The molecule has 4 rings (SSSR count). The van der Waals surface area contributed by atoms with Crippen molar-refractivity contribution in [1.82, 2.24) is 0 Å². The number of hydrogen-bond acceptors (Lipinski definition) is 1. The van der Waals surface area contributed by atoms with Crippen molar-refractivity contribution in [2.45, 2.75) is 64.2 Å². The van der Waals surface area contributed by atoms with Crippen LogP contribution in [-0.2, 0) is 6.42 Å². The molecular weight excluding hydrogens is 302 g/mol. The first-order chi connectivity index (χ1) is 12.2. The molecule has 2 saturated carbocycles. The van der Waals surface area contributed by atoms with E-state index in [1.807, 2.05) is 0 Å².